The van der Waals surface area contributed by atoms with Crippen LogP contribution in [0.5, 0.6) is 0 Å². The topological polar surface area (TPSA) is 64.0 Å². The molecule has 0 saturated heterocycles. The third kappa shape index (κ3) is 4.25. The zero-order chi connectivity index (χ0) is 13.7. The van der Waals surface area contributed by atoms with Crippen LogP contribution in [0.3, 0.4) is 0 Å². The number of nitrogens with zero attached hydrogens (tertiary/aromatic N) is 2. The van der Waals surface area contributed by atoms with Crippen LogP contribution in [0.2, 0.25) is 0 Å². The van der Waals surface area contributed by atoms with E-state index in [1.54, 1.807) is 29.1 Å². The van der Waals surface area contributed by atoms with Gasteiger partial charge in [-0.1, -0.05) is 12.1 Å². The van der Waals surface area contributed by atoms with Crippen molar-refractivity contribution in [1.29, 1.82) is 0 Å². The van der Waals surface area contributed by atoms with E-state index in [2.05, 4.69) is 9.82 Å². The van der Waals surface area contributed by atoms with Gasteiger partial charge in [-0.05, 0) is 23.8 Å². The van der Waals surface area contributed by atoms with E-state index in [-0.39, 0.29) is 11.6 Å². The fourth-order valence-corrected chi connectivity index (χ4v) is 3.05. The van der Waals surface area contributed by atoms with Gasteiger partial charge in [0, 0.05) is 24.0 Å². The van der Waals surface area contributed by atoms with Crippen LogP contribution < -0.4 is 4.72 Å². The second kappa shape index (κ2) is 6.08. The van der Waals surface area contributed by atoms with Crippen LogP contribution in [0, 0.1) is 0 Å². The second-order valence-electron chi connectivity index (χ2n) is 4.01. The predicted molar refractivity (Wildman–Crippen MR) is 75.9 cm³/mol. The van der Waals surface area contributed by atoms with Gasteiger partial charge in [0.2, 0.25) is 10.0 Å². The zero-order valence-corrected chi connectivity index (χ0v) is 11.7. The monoisotopic (exact) mass is 299 g/mol. The minimum atomic E-state index is -3.37. The molecule has 2 aromatic rings. The van der Waals surface area contributed by atoms with Gasteiger partial charge in [0.05, 0.1) is 12.3 Å². The van der Waals surface area contributed by atoms with Crippen molar-refractivity contribution in [2.75, 3.05) is 16.4 Å². The first-order valence-corrected chi connectivity index (χ1v) is 7.90. The highest BCUT2D eigenvalue weighted by Gasteiger charge is 2.09. The maximum Gasteiger partial charge on any atom is 0.233 e. The Labute approximate surface area is 117 Å². The summed E-state index contributed by atoms with van der Waals surface area (Å²) in [4.78, 5) is 0. The normalized spacial score (nSPS) is 11.4. The number of hydrogen-bond acceptors (Lipinski definition) is 3. The van der Waals surface area contributed by atoms with Gasteiger partial charge in [-0.25, -0.2) is 8.42 Å². The summed E-state index contributed by atoms with van der Waals surface area (Å²) in [5.74, 6) is -0.0275. The first kappa shape index (κ1) is 13.9. The van der Waals surface area contributed by atoms with E-state index in [1.807, 2.05) is 18.3 Å². The largest absolute Gasteiger partial charge is 0.284 e. The molecule has 0 aliphatic rings. The standard InChI is InChI=1S/C12H14ClN3O2S/c13-5-8-19(17,18)15-12-4-1-3-11(9-12)10-16-7-2-6-14-16/h1-4,6-7,9,15H,5,8,10H2. The van der Waals surface area contributed by atoms with E-state index in [1.165, 1.54) is 0 Å². The number of alkyl halides is 1. The van der Waals surface area contributed by atoms with Gasteiger partial charge in [0.25, 0.3) is 0 Å². The summed E-state index contributed by atoms with van der Waals surface area (Å²) < 4.78 is 27.5. The fraction of sp³-hybridized carbons (Fsp3) is 0.250. The third-order valence-corrected chi connectivity index (χ3v) is 4.15. The minimum Gasteiger partial charge on any atom is -0.284 e. The summed E-state index contributed by atoms with van der Waals surface area (Å²) in [6.07, 6.45) is 3.55. The van der Waals surface area contributed by atoms with Crippen molar-refractivity contribution in [3.8, 4) is 0 Å². The molecule has 0 unspecified atom stereocenters. The number of sulfonamides is 1. The summed E-state index contributed by atoms with van der Waals surface area (Å²) in [7, 11) is -3.37. The van der Waals surface area contributed by atoms with Gasteiger partial charge >= 0.3 is 0 Å². The molecule has 1 N–H and O–H groups in total. The van der Waals surface area contributed by atoms with Crippen molar-refractivity contribution >= 4 is 27.3 Å². The Balaban J connectivity index is 2.11. The molecule has 19 heavy (non-hydrogen) atoms. The van der Waals surface area contributed by atoms with Gasteiger partial charge < -0.3 is 0 Å². The number of aromatic nitrogens is 2. The zero-order valence-electron chi connectivity index (χ0n) is 10.2. The lowest BCUT2D eigenvalue weighted by molar-refractivity contribution is 0.602. The number of benzene rings is 1. The Morgan fingerprint density at radius 1 is 1.32 bits per heavy atom. The SMILES string of the molecule is O=S(=O)(CCCl)Nc1cccc(Cn2cccn2)c1. The number of hydrogen-bond donors (Lipinski definition) is 1. The molecule has 0 spiro atoms. The predicted octanol–water partition coefficient (Wildman–Crippen LogP) is 1.91. The molecule has 7 heteroatoms. The molecular weight excluding hydrogens is 286 g/mol. The van der Waals surface area contributed by atoms with E-state index in [0.29, 0.717) is 12.2 Å². The average molecular weight is 300 g/mol. The van der Waals surface area contributed by atoms with E-state index in [9.17, 15) is 8.42 Å². The highest BCUT2D eigenvalue weighted by atomic mass is 35.5. The van der Waals surface area contributed by atoms with Crippen LogP contribution in [0.4, 0.5) is 5.69 Å². The van der Waals surface area contributed by atoms with Crippen molar-refractivity contribution in [3.05, 3.63) is 48.3 Å². The van der Waals surface area contributed by atoms with E-state index in [4.69, 9.17) is 11.6 Å². The maximum atomic E-state index is 11.6. The molecule has 0 bridgehead atoms. The summed E-state index contributed by atoms with van der Waals surface area (Å²) in [6, 6.07) is 9.05. The van der Waals surface area contributed by atoms with E-state index < -0.39 is 10.0 Å². The molecule has 0 aliphatic carbocycles. The molecule has 0 aliphatic heterocycles. The molecule has 5 nitrogen and oxygen atoms in total. The van der Waals surface area contributed by atoms with Gasteiger partial charge in [0.15, 0.2) is 0 Å². The lowest BCUT2D eigenvalue weighted by Gasteiger charge is -2.08. The number of rotatable bonds is 6. The van der Waals surface area contributed by atoms with Crippen LogP contribution in [0.1, 0.15) is 5.56 Å². The molecule has 0 fully saturated rings. The fourth-order valence-electron chi connectivity index (χ4n) is 1.65. The van der Waals surface area contributed by atoms with Gasteiger partial charge in [-0.15, -0.1) is 11.6 Å². The average Bonchev–Trinajstić information content (AvgIpc) is 2.81. The molecule has 2 rings (SSSR count). The third-order valence-electron chi connectivity index (χ3n) is 2.45. The van der Waals surface area contributed by atoms with E-state index in [0.717, 1.165) is 5.56 Å². The summed E-state index contributed by atoms with van der Waals surface area (Å²) >= 11 is 5.45. The lowest BCUT2D eigenvalue weighted by Crippen LogP contribution is -2.17. The number of nitrogens with one attached hydrogen (secondary N) is 1. The lowest BCUT2D eigenvalue weighted by atomic mass is 10.2. The number of anilines is 1. The van der Waals surface area contributed by atoms with Crippen LogP contribution in [0.15, 0.2) is 42.7 Å². The quantitative estimate of drug-likeness (QED) is 0.829. The molecular formula is C12H14ClN3O2S. The molecule has 1 heterocycles. The van der Waals surface area contributed by atoms with Crippen molar-refractivity contribution in [3.63, 3.8) is 0 Å². The molecule has 1 aromatic heterocycles. The Kier molecular flexibility index (Phi) is 4.44. The van der Waals surface area contributed by atoms with Crippen LogP contribution in [-0.4, -0.2) is 29.8 Å². The Hall–Kier alpha value is -1.53. The Bertz CT molecular complexity index is 626. The minimum absolute atomic E-state index is 0.0717. The molecule has 0 radical (unpaired) electrons. The molecule has 102 valence electrons. The Morgan fingerprint density at radius 3 is 2.84 bits per heavy atom. The van der Waals surface area contributed by atoms with Crippen molar-refractivity contribution < 1.29 is 8.42 Å². The van der Waals surface area contributed by atoms with Crippen molar-refractivity contribution in [2.24, 2.45) is 0 Å². The van der Waals surface area contributed by atoms with Gasteiger partial charge in [-0.2, -0.15) is 5.10 Å². The highest BCUT2D eigenvalue weighted by molar-refractivity contribution is 7.92. The molecule has 0 atom stereocenters. The van der Waals surface area contributed by atoms with Gasteiger partial charge in [0.1, 0.15) is 0 Å². The maximum absolute atomic E-state index is 11.6. The number of halogens is 1. The summed E-state index contributed by atoms with van der Waals surface area (Å²) in [5, 5.41) is 4.11. The smallest absolute Gasteiger partial charge is 0.233 e. The summed E-state index contributed by atoms with van der Waals surface area (Å²) in [6.45, 7) is 0.595. The molecule has 0 amide bonds. The highest BCUT2D eigenvalue weighted by Crippen LogP contribution is 2.13. The van der Waals surface area contributed by atoms with Crippen LogP contribution >= 0.6 is 11.6 Å². The Morgan fingerprint density at radius 2 is 2.16 bits per heavy atom. The van der Waals surface area contributed by atoms with Crippen LogP contribution in [0.25, 0.3) is 0 Å². The first-order valence-electron chi connectivity index (χ1n) is 5.72. The molecule has 0 saturated carbocycles. The van der Waals surface area contributed by atoms with Gasteiger partial charge in [-0.3, -0.25) is 9.40 Å². The summed E-state index contributed by atoms with van der Waals surface area (Å²) in [5.41, 5.74) is 1.50. The second-order valence-corrected chi connectivity index (χ2v) is 6.23. The van der Waals surface area contributed by atoms with Crippen molar-refractivity contribution in [1.82, 2.24) is 9.78 Å². The van der Waals surface area contributed by atoms with Crippen molar-refractivity contribution in [2.45, 2.75) is 6.54 Å². The first-order chi connectivity index (χ1) is 9.09. The molecule has 1 aromatic carbocycles. The van der Waals surface area contributed by atoms with Crippen LogP contribution in [-0.2, 0) is 16.6 Å². The van der Waals surface area contributed by atoms with E-state index >= 15 is 0 Å².